The number of hydrogen-bond acceptors (Lipinski definition) is 6. The van der Waals surface area contributed by atoms with Gasteiger partial charge in [0.05, 0.1) is 25.0 Å². The molecule has 0 spiro atoms. The number of ether oxygens (including phenoxy) is 2. The van der Waals surface area contributed by atoms with E-state index in [9.17, 15) is 4.39 Å². The molecule has 2 aromatic rings. The smallest absolute Gasteiger partial charge is 0.255 e. The van der Waals surface area contributed by atoms with E-state index in [-0.39, 0.29) is 18.1 Å². The average molecular weight is 443 g/mol. The monoisotopic (exact) mass is 442 g/mol. The molecule has 1 saturated heterocycles. The molecule has 174 valence electrons. The number of nitrogens with zero attached hydrogens (tertiary/aromatic N) is 3. The normalized spacial score (nSPS) is 23.7. The van der Waals surface area contributed by atoms with Gasteiger partial charge in [0, 0.05) is 24.5 Å². The zero-order valence-electron chi connectivity index (χ0n) is 19.6. The van der Waals surface area contributed by atoms with Gasteiger partial charge in [0.1, 0.15) is 0 Å². The lowest BCUT2D eigenvalue weighted by molar-refractivity contribution is -0.00521. The first kappa shape index (κ1) is 22.8. The molecule has 4 rings (SSSR count). The summed E-state index contributed by atoms with van der Waals surface area (Å²) in [5.41, 5.74) is 2.40. The van der Waals surface area contributed by atoms with Crippen LogP contribution in [0.1, 0.15) is 53.4 Å². The van der Waals surface area contributed by atoms with Crippen molar-refractivity contribution in [2.75, 3.05) is 29.9 Å². The number of halogens is 1. The number of anilines is 3. The van der Waals surface area contributed by atoms with Crippen LogP contribution in [0.15, 0.2) is 30.5 Å². The van der Waals surface area contributed by atoms with Gasteiger partial charge in [-0.05, 0) is 75.1 Å². The summed E-state index contributed by atoms with van der Waals surface area (Å²) in [5.74, 6) is 0.261. The Labute approximate surface area is 190 Å². The molecule has 6 nitrogen and oxygen atoms in total. The number of rotatable bonds is 6. The lowest BCUT2D eigenvalue weighted by atomic mass is 9.73. The van der Waals surface area contributed by atoms with Crippen LogP contribution < -0.4 is 15.0 Å². The van der Waals surface area contributed by atoms with Gasteiger partial charge in [-0.2, -0.15) is 9.37 Å². The van der Waals surface area contributed by atoms with Crippen LogP contribution in [-0.2, 0) is 4.74 Å². The van der Waals surface area contributed by atoms with E-state index in [4.69, 9.17) is 9.47 Å². The Bertz CT molecular complexity index is 885. The van der Waals surface area contributed by atoms with E-state index >= 15 is 0 Å². The van der Waals surface area contributed by atoms with Crippen molar-refractivity contribution in [1.82, 2.24) is 9.97 Å². The standard InChI is InChI=1S/C25H35FN4O2/c1-17-14-30(15-18(2)32-17)21-7-5-20(6-8-21)28-24-27-13-22(26)23(29-24)31-16-19-9-11-25(3,4)12-10-19/h5-8,13,17-19H,9-12,14-16H2,1-4H3,(H,27,28,29)/t17-,18+. The molecular formula is C25H35FN4O2. The van der Waals surface area contributed by atoms with Crippen LogP contribution in [0.5, 0.6) is 5.88 Å². The summed E-state index contributed by atoms with van der Waals surface area (Å²) in [6.45, 7) is 11.0. The Morgan fingerprint density at radius 3 is 2.44 bits per heavy atom. The van der Waals surface area contributed by atoms with Gasteiger partial charge < -0.3 is 19.7 Å². The molecule has 1 aromatic carbocycles. The maximum Gasteiger partial charge on any atom is 0.255 e. The minimum absolute atomic E-state index is 0.0141. The Hall–Kier alpha value is -2.41. The fourth-order valence-electron chi connectivity index (χ4n) is 4.61. The van der Waals surface area contributed by atoms with Crippen molar-refractivity contribution in [2.24, 2.45) is 11.3 Å². The van der Waals surface area contributed by atoms with E-state index in [2.05, 4.69) is 60.0 Å². The highest BCUT2D eigenvalue weighted by molar-refractivity contribution is 5.59. The fraction of sp³-hybridized carbons (Fsp3) is 0.600. The quantitative estimate of drug-likeness (QED) is 0.631. The first-order chi connectivity index (χ1) is 15.3. The Kier molecular flexibility index (Phi) is 6.84. The van der Waals surface area contributed by atoms with Gasteiger partial charge in [0.2, 0.25) is 11.8 Å². The minimum atomic E-state index is -0.530. The number of hydrogen-bond donors (Lipinski definition) is 1. The van der Waals surface area contributed by atoms with Gasteiger partial charge >= 0.3 is 0 Å². The van der Waals surface area contributed by atoms with E-state index in [1.54, 1.807) is 0 Å². The van der Waals surface area contributed by atoms with Crippen LogP contribution in [0.4, 0.5) is 21.7 Å². The van der Waals surface area contributed by atoms with Gasteiger partial charge in [0.25, 0.3) is 5.88 Å². The van der Waals surface area contributed by atoms with Crippen molar-refractivity contribution in [3.05, 3.63) is 36.3 Å². The molecule has 1 N–H and O–H groups in total. The molecular weight excluding hydrogens is 407 g/mol. The lowest BCUT2D eigenvalue weighted by Crippen LogP contribution is -2.45. The third kappa shape index (κ3) is 5.88. The molecule has 0 amide bonds. The average Bonchev–Trinajstić information content (AvgIpc) is 2.75. The highest BCUT2D eigenvalue weighted by Crippen LogP contribution is 2.38. The number of nitrogens with one attached hydrogen (secondary N) is 1. The van der Waals surface area contributed by atoms with Crippen molar-refractivity contribution in [2.45, 2.75) is 65.6 Å². The summed E-state index contributed by atoms with van der Waals surface area (Å²) in [6, 6.07) is 8.10. The van der Waals surface area contributed by atoms with Gasteiger partial charge in [-0.25, -0.2) is 4.98 Å². The predicted octanol–water partition coefficient (Wildman–Crippen LogP) is 5.57. The van der Waals surface area contributed by atoms with Crippen molar-refractivity contribution >= 4 is 17.3 Å². The van der Waals surface area contributed by atoms with Gasteiger partial charge in [-0.1, -0.05) is 13.8 Å². The van der Waals surface area contributed by atoms with E-state index in [0.29, 0.717) is 23.9 Å². The summed E-state index contributed by atoms with van der Waals surface area (Å²) in [5, 5.41) is 3.16. The van der Waals surface area contributed by atoms with Crippen LogP contribution in [0.25, 0.3) is 0 Å². The van der Waals surface area contributed by atoms with Crippen molar-refractivity contribution in [1.29, 1.82) is 0 Å². The molecule has 0 radical (unpaired) electrons. The molecule has 1 aliphatic carbocycles. The second-order valence-electron chi connectivity index (χ2n) is 10.1. The molecule has 1 aromatic heterocycles. The third-order valence-corrected chi connectivity index (χ3v) is 6.53. The number of aromatic nitrogens is 2. The highest BCUT2D eigenvalue weighted by Gasteiger charge is 2.27. The van der Waals surface area contributed by atoms with E-state index in [1.807, 2.05) is 12.1 Å². The molecule has 2 heterocycles. The Balaban J connectivity index is 1.35. The zero-order valence-corrected chi connectivity index (χ0v) is 19.6. The minimum Gasteiger partial charge on any atom is -0.475 e. The zero-order chi connectivity index (χ0) is 22.7. The molecule has 1 saturated carbocycles. The van der Waals surface area contributed by atoms with E-state index in [0.717, 1.165) is 37.3 Å². The van der Waals surface area contributed by atoms with Crippen molar-refractivity contribution < 1.29 is 13.9 Å². The molecule has 1 aliphatic heterocycles. The van der Waals surface area contributed by atoms with E-state index in [1.165, 1.54) is 19.0 Å². The Morgan fingerprint density at radius 2 is 1.78 bits per heavy atom. The number of morpholine rings is 1. The third-order valence-electron chi connectivity index (χ3n) is 6.53. The van der Waals surface area contributed by atoms with Crippen LogP contribution in [0.2, 0.25) is 0 Å². The van der Waals surface area contributed by atoms with Crippen molar-refractivity contribution in [3.8, 4) is 5.88 Å². The first-order valence-corrected chi connectivity index (χ1v) is 11.7. The molecule has 0 bridgehead atoms. The van der Waals surface area contributed by atoms with Crippen molar-refractivity contribution in [3.63, 3.8) is 0 Å². The van der Waals surface area contributed by atoms with E-state index < -0.39 is 5.82 Å². The molecule has 2 atom stereocenters. The van der Waals surface area contributed by atoms with Crippen LogP contribution in [-0.4, -0.2) is 41.9 Å². The van der Waals surface area contributed by atoms with Gasteiger partial charge in [-0.15, -0.1) is 0 Å². The Morgan fingerprint density at radius 1 is 1.12 bits per heavy atom. The summed E-state index contributed by atoms with van der Waals surface area (Å²) < 4.78 is 25.8. The number of benzene rings is 1. The summed E-state index contributed by atoms with van der Waals surface area (Å²) in [6.07, 6.45) is 6.16. The summed E-state index contributed by atoms with van der Waals surface area (Å²) in [7, 11) is 0. The molecule has 2 fully saturated rings. The highest BCUT2D eigenvalue weighted by atomic mass is 19.1. The summed E-state index contributed by atoms with van der Waals surface area (Å²) in [4.78, 5) is 10.7. The van der Waals surface area contributed by atoms with Crippen LogP contribution in [0, 0.1) is 17.2 Å². The molecule has 2 aliphatic rings. The van der Waals surface area contributed by atoms with Gasteiger partial charge in [-0.3, -0.25) is 0 Å². The summed E-state index contributed by atoms with van der Waals surface area (Å²) >= 11 is 0. The predicted molar refractivity (Wildman–Crippen MR) is 125 cm³/mol. The molecule has 32 heavy (non-hydrogen) atoms. The largest absolute Gasteiger partial charge is 0.475 e. The second-order valence-corrected chi connectivity index (χ2v) is 10.1. The van der Waals surface area contributed by atoms with Crippen LogP contribution >= 0.6 is 0 Å². The maximum atomic E-state index is 14.2. The fourth-order valence-corrected chi connectivity index (χ4v) is 4.61. The van der Waals surface area contributed by atoms with Gasteiger partial charge in [0.15, 0.2) is 0 Å². The lowest BCUT2D eigenvalue weighted by Gasteiger charge is -2.36. The molecule has 0 unspecified atom stereocenters. The van der Waals surface area contributed by atoms with Crippen LogP contribution in [0.3, 0.4) is 0 Å². The second kappa shape index (κ2) is 9.61. The molecule has 7 heteroatoms. The SMILES string of the molecule is C[C@@H]1CN(c2ccc(Nc3ncc(F)c(OCC4CCC(C)(C)CC4)n3)cc2)C[C@H](C)O1. The first-order valence-electron chi connectivity index (χ1n) is 11.7. The maximum absolute atomic E-state index is 14.2. The topological polar surface area (TPSA) is 59.5 Å².